The monoisotopic (exact) mass is 365 g/mol. The van der Waals surface area contributed by atoms with Crippen LogP contribution in [0.1, 0.15) is 26.5 Å². The van der Waals surface area contributed by atoms with Crippen LogP contribution in [0.2, 0.25) is 0 Å². The summed E-state index contributed by atoms with van der Waals surface area (Å²) in [6, 6.07) is 0. The van der Waals surface area contributed by atoms with E-state index in [9.17, 15) is 14.7 Å². The summed E-state index contributed by atoms with van der Waals surface area (Å²) < 4.78 is 17.6. The van der Waals surface area contributed by atoms with Crippen molar-refractivity contribution in [2.45, 2.75) is 38.2 Å². The van der Waals surface area contributed by atoms with Crippen molar-refractivity contribution in [3.63, 3.8) is 0 Å². The Bertz CT molecular complexity index is 819. The minimum absolute atomic E-state index is 0.151. The second-order valence-corrected chi connectivity index (χ2v) is 6.03. The summed E-state index contributed by atoms with van der Waals surface area (Å²) in [6.45, 7) is 1.94. The summed E-state index contributed by atoms with van der Waals surface area (Å²) >= 11 is 0. The Morgan fingerprint density at radius 1 is 1.31 bits per heavy atom. The van der Waals surface area contributed by atoms with Crippen LogP contribution >= 0.6 is 0 Å². The van der Waals surface area contributed by atoms with Gasteiger partial charge in [0.25, 0.3) is 0 Å². The predicted octanol–water partition coefficient (Wildman–Crippen LogP) is -0.447. The molecule has 0 aliphatic carbocycles. The molecule has 0 bridgehead atoms. The van der Waals surface area contributed by atoms with Gasteiger partial charge in [0.15, 0.2) is 17.1 Å². The molecule has 1 aliphatic heterocycles. The first-order valence-electron chi connectivity index (χ1n) is 7.88. The van der Waals surface area contributed by atoms with Crippen LogP contribution in [0.25, 0.3) is 11.2 Å². The number of rotatable bonds is 5. The molecule has 2 aromatic heterocycles. The number of fused-ring (bicyclic) bond motifs is 1. The highest BCUT2D eigenvalue weighted by atomic mass is 16.6. The number of nitrogens with zero attached hydrogens (tertiary/aromatic N) is 4. The lowest BCUT2D eigenvalue weighted by atomic mass is 9.98. The third-order valence-corrected chi connectivity index (χ3v) is 4.14. The molecule has 3 heterocycles. The Hall–Kier alpha value is -2.79. The van der Waals surface area contributed by atoms with E-state index in [1.54, 1.807) is 4.57 Å². The highest BCUT2D eigenvalue weighted by Gasteiger charge is 2.51. The Morgan fingerprint density at radius 2 is 1.96 bits per heavy atom. The maximum atomic E-state index is 11.2. The quantitative estimate of drug-likeness (QED) is 0.666. The SMILES string of the molecule is CC(=O)OCC1(COC(C)=O)O[C@@H](n2cnc3c(N)ncnc32)C[C@H]1O. The molecule has 1 aliphatic rings. The number of carbonyl (C=O) groups is 2. The second-order valence-electron chi connectivity index (χ2n) is 6.03. The molecular weight excluding hydrogens is 346 g/mol. The summed E-state index contributed by atoms with van der Waals surface area (Å²) in [4.78, 5) is 34.6. The molecule has 26 heavy (non-hydrogen) atoms. The fourth-order valence-electron chi connectivity index (χ4n) is 2.80. The summed E-state index contributed by atoms with van der Waals surface area (Å²) in [6.07, 6.45) is 1.20. The number of aromatic nitrogens is 4. The molecule has 2 atom stereocenters. The average molecular weight is 365 g/mol. The molecule has 0 aromatic carbocycles. The Balaban J connectivity index is 1.89. The number of anilines is 1. The number of nitrogen functional groups attached to an aromatic ring is 1. The average Bonchev–Trinajstić information content (AvgIpc) is 3.14. The van der Waals surface area contributed by atoms with Gasteiger partial charge in [0.2, 0.25) is 0 Å². The lowest BCUT2D eigenvalue weighted by molar-refractivity contribution is -0.183. The molecule has 1 saturated heterocycles. The number of carbonyl (C=O) groups excluding carboxylic acids is 2. The maximum Gasteiger partial charge on any atom is 0.302 e. The summed E-state index contributed by atoms with van der Waals surface area (Å²) in [5, 5.41) is 10.6. The van der Waals surface area contributed by atoms with Gasteiger partial charge in [-0.25, -0.2) is 15.0 Å². The van der Waals surface area contributed by atoms with Crippen molar-refractivity contribution in [1.82, 2.24) is 19.5 Å². The highest BCUT2D eigenvalue weighted by Crippen LogP contribution is 2.38. The molecule has 140 valence electrons. The number of esters is 2. The van der Waals surface area contributed by atoms with Gasteiger partial charge in [-0.2, -0.15) is 0 Å². The van der Waals surface area contributed by atoms with Crippen molar-refractivity contribution >= 4 is 28.9 Å². The summed E-state index contributed by atoms with van der Waals surface area (Å²) in [5.41, 5.74) is 5.23. The normalized spacial score (nSPS) is 21.7. The van der Waals surface area contributed by atoms with Gasteiger partial charge in [0.05, 0.1) is 12.4 Å². The lowest BCUT2D eigenvalue weighted by Crippen LogP contribution is -2.49. The molecule has 3 N–H and O–H groups in total. The first kappa shape index (κ1) is 18.0. The minimum atomic E-state index is -1.39. The number of aliphatic hydroxyl groups excluding tert-OH is 1. The van der Waals surface area contributed by atoms with E-state index < -0.39 is 29.9 Å². The van der Waals surface area contributed by atoms with E-state index >= 15 is 0 Å². The van der Waals surface area contributed by atoms with Crippen LogP contribution in [-0.4, -0.2) is 61.5 Å². The van der Waals surface area contributed by atoms with Crippen LogP contribution in [-0.2, 0) is 23.8 Å². The zero-order valence-corrected chi connectivity index (χ0v) is 14.3. The third-order valence-electron chi connectivity index (χ3n) is 4.14. The van der Waals surface area contributed by atoms with E-state index in [-0.39, 0.29) is 25.5 Å². The molecule has 11 nitrogen and oxygen atoms in total. The van der Waals surface area contributed by atoms with Crippen molar-refractivity contribution < 1.29 is 28.9 Å². The fourth-order valence-corrected chi connectivity index (χ4v) is 2.80. The van der Waals surface area contributed by atoms with Crippen LogP contribution in [0.15, 0.2) is 12.7 Å². The standard InChI is InChI=1S/C15H19N5O6/c1-8(21)24-4-15(5-25-9(2)22)10(23)3-11(26-15)20-7-19-12-13(16)17-6-18-14(12)20/h6-7,10-11,23H,3-5H2,1-2H3,(H2,16,17,18)/t10-,11-/m1/s1. The molecule has 2 aromatic rings. The zero-order valence-electron chi connectivity index (χ0n) is 14.3. The molecule has 0 unspecified atom stereocenters. The van der Waals surface area contributed by atoms with E-state index in [0.29, 0.717) is 11.2 Å². The van der Waals surface area contributed by atoms with E-state index in [2.05, 4.69) is 15.0 Å². The molecule has 0 spiro atoms. The zero-order chi connectivity index (χ0) is 18.9. The number of hydrogen-bond acceptors (Lipinski definition) is 10. The van der Waals surface area contributed by atoms with Crippen molar-refractivity contribution in [1.29, 1.82) is 0 Å². The number of nitrogens with two attached hydrogens (primary N) is 1. The summed E-state index contributed by atoms with van der Waals surface area (Å²) in [7, 11) is 0. The molecule has 1 fully saturated rings. The lowest BCUT2D eigenvalue weighted by Gasteiger charge is -2.30. The topological polar surface area (TPSA) is 152 Å². The van der Waals surface area contributed by atoms with Gasteiger partial charge in [-0.15, -0.1) is 0 Å². The molecule has 0 saturated carbocycles. The molecule has 11 heteroatoms. The van der Waals surface area contributed by atoms with Crippen LogP contribution < -0.4 is 5.73 Å². The van der Waals surface area contributed by atoms with E-state index in [4.69, 9.17) is 19.9 Å². The van der Waals surface area contributed by atoms with Crippen molar-refractivity contribution in [2.24, 2.45) is 0 Å². The van der Waals surface area contributed by atoms with Crippen LogP contribution in [0.4, 0.5) is 5.82 Å². The van der Waals surface area contributed by atoms with Gasteiger partial charge in [-0.1, -0.05) is 0 Å². The number of hydrogen-bond donors (Lipinski definition) is 2. The fraction of sp³-hybridized carbons (Fsp3) is 0.533. The highest BCUT2D eigenvalue weighted by molar-refractivity contribution is 5.81. The molecule has 3 rings (SSSR count). The van der Waals surface area contributed by atoms with Gasteiger partial charge in [-0.05, 0) is 0 Å². The number of ether oxygens (including phenoxy) is 3. The van der Waals surface area contributed by atoms with Crippen molar-refractivity contribution in [3.8, 4) is 0 Å². The van der Waals surface area contributed by atoms with Crippen molar-refractivity contribution in [2.75, 3.05) is 18.9 Å². The molecular formula is C15H19N5O6. The smallest absolute Gasteiger partial charge is 0.302 e. The number of imidazole rings is 1. The third kappa shape index (κ3) is 3.30. The van der Waals surface area contributed by atoms with Gasteiger partial charge in [0, 0.05) is 20.3 Å². The van der Waals surface area contributed by atoms with Gasteiger partial charge >= 0.3 is 11.9 Å². The predicted molar refractivity (Wildman–Crippen MR) is 86.5 cm³/mol. The molecule has 0 radical (unpaired) electrons. The Labute approximate surface area is 148 Å². The summed E-state index contributed by atoms with van der Waals surface area (Å²) in [5.74, 6) is -0.863. The van der Waals surface area contributed by atoms with Crippen LogP contribution in [0.5, 0.6) is 0 Å². The second kappa shape index (κ2) is 6.84. The number of aliphatic hydroxyl groups is 1. The van der Waals surface area contributed by atoms with Gasteiger partial charge < -0.3 is 25.1 Å². The first-order valence-corrected chi connectivity index (χ1v) is 7.88. The van der Waals surface area contributed by atoms with Gasteiger partial charge in [0.1, 0.15) is 31.3 Å². The van der Waals surface area contributed by atoms with Crippen LogP contribution in [0.3, 0.4) is 0 Å². The van der Waals surface area contributed by atoms with E-state index in [1.165, 1.54) is 26.5 Å². The Kier molecular flexibility index (Phi) is 4.74. The minimum Gasteiger partial charge on any atom is -0.463 e. The maximum absolute atomic E-state index is 11.2. The molecule has 0 amide bonds. The van der Waals surface area contributed by atoms with Gasteiger partial charge in [-0.3, -0.25) is 14.2 Å². The first-order chi connectivity index (χ1) is 12.3. The largest absolute Gasteiger partial charge is 0.463 e. The Morgan fingerprint density at radius 3 is 2.58 bits per heavy atom. The van der Waals surface area contributed by atoms with E-state index in [0.717, 1.165) is 0 Å². The van der Waals surface area contributed by atoms with Crippen LogP contribution in [0, 0.1) is 0 Å². The van der Waals surface area contributed by atoms with Crippen molar-refractivity contribution in [3.05, 3.63) is 12.7 Å². The van der Waals surface area contributed by atoms with E-state index in [1.807, 2.05) is 0 Å².